The van der Waals surface area contributed by atoms with E-state index in [1.54, 1.807) is 12.1 Å². The van der Waals surface area contributed by atoms with Gasteiger partial charge in [0.15, 0.2) is 0 Å². The first kappa shape index (κ1) is 22.6. The summed E-state index contributed by atoms with van der Waals surface area (Å²) in [6.45, 7) is -1.36. The lowest BCUT2D eigenvalue weighted by Crippen LogP contribution is -2.43. The molecule has 0 bridgehead atoms. The molecule has 7 nitrogen and oxygen atoms in total. The van der Waals surface area contributed by atoms with E-state index in [-0.39, 0.29) is 17.4 Å². The number of carbonyl (C=O) groups excluding carboxylic acids is 2. The Balaban J connectivity index is 1.44. The standard InChI is InChI=1S/C23H22F3N5O2/c24-15-4-5-17-14(8-15)2-1-3-19(17)30-20-11-28-7-6-18(20)22(33)29-12-21(32)31-13-23(25,26)9-16(31)10-27/h4-8,11,16,19,30H,1-3,9,12-13H2,(H,29,33)/t16-,19?/m0/s1. The van der Waals surface area contributed by atoms with E-state index in [1.807, 2.05) is 0 Å². The number of amides is 2. The first-order valence-electron chi connectivity index (χ1n) is 10.6. The molecule has 1 unspecified atom stereocenters. The molecule has 2 atom stereocenters. The molecule has 0 saturated carbocycles. The van der Waals surface area contributed by atoms with Crippen molar-refractivity contribution < 1.29 is 22.8 Å². The van der Waals surface area contributed by atoms with Crippen LogP contribution in [0.3, 0.4) is 0 Å². The third-order valence-corrected chi connectivity index (χ3v) is 5.95. The van der Waals surface area contributed by atoms with E-state index in [2.05, 4.69) is 15.6 Å². The number of hydrogen-bond donors (Lipinski definition) is 2. The summed E-state index contributed by atoms with van der Waals surface area (Å²) in [4.78, 5) is 30.0. The van der Waals surface area contributed by atoms with Crippen LogP contribution in [0.4, 0.5) is 18.9 Å². The van der Waals surface area contributed by atoms with Gasteiger partial charge in [-0.15, -0.1) is 0 Å². The van der Waals surface area contributed by atoms with Crippen LogP contribution >= 0.6 is 0 Å². The quantitative estimate of drug-likeness (QED) is 0.719. The Morgan fingerprint density at radius 3 is 2.91 bits per heavy atom. The minimum atomic E-state index is -3.12. The molecule has 2 aliphatic rings. The highest BCUT2D eigenvalue weighted by atomic mass is 19.3. The summed E-state index contributed by atoms with van der Waals surface area (Å²) in [5.74, 6) is -4.75. The molecule has 172 valence electrons. The van der Waals surface area contributed by atoms with Gasteiger partial charge in [0.25, 0.3) is 11.8 Å². The van der Waals surface area contributed by atoms with Crippen LogP contribution < -0.4 is 10.6 Å². The van der Waals surface area contributed by atoms with Gasteiger partial charge in [-0.25, -0.2) is 13.2 Å². The first-order valence-corrected chi connectivity index (χ1v) is 10.6. The van der Waals surface area contributed by atoms with Crippen molar-refractivity contribution in [2.75, 3.05) is 18.4 Å². The molecule has 2 amide bonds. The van der Waals surface area contributed by atoms with Gasteiger partial charge in [0.05, 0.1) is 42.6 Å². The number of fused-ring (bicyclic) bond motifs is 1. The molecule has 2 N–H and O–H groups in total. The van der Waals surface area contributed by atoms with Crippen LogP contribution in [0.2, 0.25) is 0 Å². The third kappa shape index (κ3) is 4.92. The van der Waals surface area contributed by atoms with Gasteiger partial charge < -0.3 is 15.5 Å². The summed E-state index contributed by atoms with van der Waals surface area (Å²) < 4.78 is 40.8. The molecule has 4 rings (SSSR count). The summed E-state index contributed by atoms with van der Waals surface area (Å²) in [5, 5.41) is 14.8. The summed E-state index contributed by atoms with van der Waals surface area (Å²) in [6, 6.07) is 6.47. The first-order chi connectivity index (χ1) is 15.8. The number of halogens is 3. The minimum absolute atomic E-state index is 0.144. The number of nitrogens with one attached hydrogen (secondary N) is 2. The molecule has 1 fully saturated rings. The smallest absolute Gasteiger partial charge is 0.268 e. The highest BCUT2D eigenvalue weighted by Crippen LogP contribution is 2.34. The largest absolute Gasteiger partial charge is 0.376 e. The molecule has 1 aliphatic heterocycles. The molecule has 0 radical (unpaired) electrons. The van der Waals surface area contributed by atoms with Crippen molar-refractivity contribution in [1.29, 1.82) is 5.26 Å². The maximum absolute atomic E-state index is 13.6. The van der Waals surface area contributed by atoms with Crippen LogP contribution in [-0.4, -0.2) is 46.8 Å². The average molecular weight is 457 g/mol. The number of benzene rings is 1. The monoisotopic (exact) mass is 457 g/mol. The van der Waals surface area contributed by atoms with Gasteiger partial charge in [0.1, 0.15) is 11.9 Å². The summed E-state index contributed by atoms with van der Waals surface area (Å²) in [7, 11) is 0. The number of aromatic nitrogens is 1. The zero-order valence-corrected chi connectivity index (χ0v) is 17.7. The Hall–Kier alpha value is -3.61. The van der Waals surface area contributed by atoms with Crippen molar-refractivity contribution >= 4 is 17.5 Å². The predicted molar refractivity (Wildman–Crippen MR) is 113 cm³/mol. The molecule has 1 aromatic heterocycles. The van der Waals surface area contributed by atoms with Crippen LogP contribution in [0, 0.1) is 17.1 Å². The summed E-state index contributed by atoms with van der Waals surface area (Å²) in [5.41, 5.74) is 2.53. The average Bonchev–Trinajstić information content (AvgIpc) is 3.12. The molecule has 1 aromatic carbocycles. The Kier molecular flexibility index (Phi) is 6.22. The van der Waals surface area contributed by atoms with Crippen LogP contribution in [0.5, 0.6) is 0 Å². The molecule has 10 heteroatoms. The highest BCUT2D eigenvalue weighted by Gasteiger charge is 2.47. The van der Waals surface area contributed by atoms with Gasteiger partial charge in [0.2, 0.25) is 5.91 Å². The molecule has 1 saturated heterocycles. The third-order valence-electron chi connectivity index (χ3n) is 5.95. The lowest BCUT2D eigenvalue weighted by atomic mass is 9.87. The van der Waals surface area contributed by atoms with Crippen LogP contribution in [0.1, 0.15) is 46.8 Å². The predicted octanol–water partition coefficient (Wildman–Crippen LogP) is 3.20. The number of anilines is 1. The van der Waals surface area contributed by atoms with E-state index in [1.165, 1.54) is 30.6 Å². The van der Waals surface area contributed by atoms with Gasteiger partial charge in [-0.05, 0) is 48.6 Å². The van der Waals surface area contributed by atoms with Crippen molar-refractivity contribution in [2.24, 2.45) is 0 Å². The molecular weight excluding hydrogens is 435 g/mol. The van der Waals surface area contributed by atoms with Crippen molar-refractivity contribution in [3.05, 3.63) is 59.2 Å². The second-order valence-electron chi connectivity index (χ2n) is 8.26. The van der Waals surface area contributed by atoms with Gasteiger partial charge in [-0.3, -0.25) is 14.6 Å². The van der Waals surface area contributed by atoms with Crippen molar-refractivity contribution in [2.45, 2.75) is 43.7 Å². The van der Waals surface area contributed by atoms with E-state index >= 15 is 0 Å². The molecule has 0 spiro atoms. The number of aryl methyl sites for hydroxylation is 1. The van der Waals surface area contributed by atoms with Crippen LogP contribution in [0.15, 0.2) is 36.7 Å². The zero-order chi connectivity index (χ0) is 23.6. The van der Waals surface area contributed by atoms with Crippen LogP contribution in [-0.2, 0) is 11.2 Å². The fraction of sp³-hybridized carbons (Fsp3) is 0.391. The second-order valence-corrected chi connectivity index (χ2v) is 8.26. The number of alkyl halides is 2. The summed E-state index contributed by atoms with van der Waals surface area (Å²) in [6.07, 6.45) is 4.61. The molecule has 1 aliphatic carbocycles. The maximum atomic E-state index is 13.6. The lowest BCUT2D eigenvalue weighted by Gasteiger charge is -2.28. The van der Waals surface area contributed by atoms with Crippen molar-refractivity contribution in [1.82, 2.24) is 15.2 Å². The number of rotatable bonds is 5. The molecule has 33 heavy (non-hydrogen) atoms. The molecule has 2 heterocycles. The van der Waals surface area contributed by atoms with Gasteiger partial charge in [0, 0.05) is 12.6 Å². The zero-order valence-electron chi connectivity index (χ0n) is 17.7. The van der Waals surface area contributed by atoms with E-state index in [0.29, 0.717) is 5.69 Å². The van der Waals surface area contributed by atoms with Crippen molar-refractivity contribution in [3.8, 4) is 6.07 Å². The highest BCUT2D eigenvalue weighted by molar-refractivity contribution is 6.01. The Labute approximate surface area is 188 Å². The fourth-order valence-corrected chi connectivity index (χ4v) is 4.38. The van der Waals surface area contributed by atoms with E-state index in [9.17, 15) is 22.8 Å². The van der Waals surface area contributed by atoms with Gasteiger partial charge >= 0.3 is 0 Å². The van der Waals surface area contributed by atoms with Gasteiger partial charge in [-0.2, -0.15) is 5.26 Å². The number of hydrogen-bond acceptors (Lipinski definition) is 5. The van der Waals surface area contributed by atoms with E-state index in [0.717, 1.165) is 35.3 Å². The number of carbonyl (C=O) groups is 2. The topological polar surface area (TPSA) is 98.1 Å². The van der Waals surface area contributed by atoms with Crippen LogP contribution in [0.25, 0.3) is 0 Å². The molecular formula is C23H22F3N5O2. The van der Waals surface area contributed by atoms with Gasteiger partial charge in [-0.1, -0.05) is 6.07 Å². The Morgan fingerprint density at radius 1 is 1.30 bits per heavy atom. The number of pyridine rings is 1. The number of nitriles is 1. The number of nitrogens with zero attached hydrogens (tertiary/aromatic N) is 3. The second kappa shape index (κ2) is 9.10. The maximum Gasteiger partial charge on any atom is 0.268 e. The molecule has 2 aromatic rings. The van der Waals surface area contributed by atoms with E-state index in [4.69, 9.17) is 5.26 Å². The van der Waals surface area contributed by atoms with Crippen molar-refractivity contribution in [3.63, 3.8) is 0 Å². The summed E-state index contributed by atoms with van der Waals surface area (Å²) >= 11 is 0. The normalized spacial score (nSPS) is 21.1. The number of likely N-dealkylation sites (tertiary alicyclic amines) is 1. The minimum Gasteiger partial charge on any atom is -0.376 e. The lowest BCUT2D eigenvalue weighted by molar-refractivity contribution is -0.131. The fourth-order valence-electron chi connectivity index (χ4n) is 4.38. The Morgan fingerprint density at radius 2 is 2.12 bits per heavy atom. The van der Waals surface area contributed by atoms with E-state index < -0.39 is 43.3 Å². The Bertz CT molecular complexity index is 1120. The SMILES string of the molecule is N#C[C@@H]1CC(F)(F)CN1C(=O)CNC(=O)c1ccncc1NC1CCCc2cc(F)ccc21.